The molecule has 0 saturated carbocycles. The van der Waals surface area contributed by atoms with Crippen molar-refractivity contribution in [3.8, 4) is 0 Å². The molecular formula is C33H37N11O4. The number of carbonyl (C=O) groups excluding carboxylic acids is 3. The Kier molecular flexibility index (Phi) is 8.43. The number of aromatic nitrogens is 8. The number of imidazole rings is 3. The Bertz CT molecular complexity index is 2280. The van der Waals surface area contributed by atoms with Crippen LogP contribution < -0.4 is 22.1 Å². The van der Waals surface area contributed by atoms with Gasteiger partial charge < -0.3 is 19.4 Å². The molecule has 4 N–H and O–H groups in total. The molecule has 3 amide bonds. The van der Waals surface area contributed by atoms with E-state index in [1.54, 1.807) is 43.0 Å². The van der Waals surface area contributed by atoms with Crippen LogP contribution in [0.3, 0.4) is 0 Å². The van der Waals surface area contributed by atoms with Gasteiger partial charge in [-0.15, -0.1) is 0 Å². The molecule has 15 nitrogen and oxygen atoms in total. The standard InChI is InChI=1S/C33H37N11O4/c1-6-44-25(16-20(3)39-44)29(46)37-31-36-23-17-21(28(34)45)12-13-24(23)42(31)14-7-8-15-43-27-19(2)10-9-11-22(27)35-32(43)38-30(47)26-18-40(4)33(48)41(26)5/h9-13,16-18H,6-8,14-15H2,1-5H3,(H2,34,45)(H,35,38,47)(H,36,37,46). The van der Waals surface area contributed by atoms with Crippen LogP contribution in [-0.2, 0) is 33.7 Å². The van der Waals surface area contributed by atoms with Crippen LogP contribution in [-0.4, -0.2) is 55.7 Å². The van der Waals surface area contributed by atoms with Gasteiger partial charge in [0.05, 0.1) is 27.8 Å². The highest BCUT2D eigenvalue weighted by molar-refractivity contribution is 6.04. The van der Waals surface area contributed by atoms with Gasteiger partial charge in [0.15, 0.2) is 0 Å². The van der Waals surface area contributed by atoms with E-state index in [1.807, 2.05) is 48.1 Å². The number of carbonyl (C=O) groups is 3. The minimum absolute atomic E-state index is 0.219. The predicted octanol–water partition coefficient (Wildman–Crippen LogP) is 3.34. The quantitative estimate of drug-likeness (QED) is 0.180. The Hall–Kier alpha value is -5.99. The summed E-state index contributed by atoms with van der Waals surface area (Å²) >= 11 is 0. The first-order valence-electron chi connectivity index (χ1n) is 15.6. The normalized spacial score (nSPS) is 11.4. The van der Waals surface area contributed by atoms with Gasteiger partial charge in [0.1, 0.15) is 11.4 Å². The molecule has 0 bridgehead atoms. The summed E-state index contributed by atoms with van der Waals surface area (Å²) in [5, 5.41) is 10.2. The van der Waals surface area contributed by atoms with Crippen LogP contribution in [0.1, 0.15) is 62.4 Å². The summed E-state index contributed by atoms with van der Waals surface area (Å²) in [6, 6.07) is 12.6. The highest BCUT2D eigenvalue weighted by Gasteiger charge is 2.21. The summed E-state index contributed by atoms with van der Waals surface area (Å²) in [5.74, 6) is -0.642. The van der Waals surface area contributed by atoms with E-state index >= 15 is 0 Å². The Morgan fingerprint density at radius 1 is 0.854 bits per heavy atom. The number of nitrogens with two attached hydrogens (primary N) is 1. The lowest BCUT2D eigenvalue weighted by Crippen LogP contribution is -2.24. The lowest BCUT2D eigenvalue weighted by atomic mass is 10.2. The van der Waals surface area contributed by atoms with E-state index < -0.39 is 11.8 Å². The molecule has 48 heavy (non-hydrogen) atoms. The van der Waals surface area contributed by atoms with Crippen LogP contribution in [0.2, 0.25) is 0 Å². The summed E-state index contributed by atoms with van der Waals surface area (Å²) in [6.07, 6.45) is 2.84. The average Bonchev–Trinajstić information content (AvgIpc) is 3.78. The zero-order chi connectivity index (χ0) is 34.3. The lowest BCUT2D eigenvalue weighted by Gasteiger charge is -2.13. The SMILES string of the molecule is CCn1nc(C)cc1C(=O)Nc1nc2cc(C(N)=O)ccc2n1CCCCn1c(NC(=O)c2cn(C)c(=O)n2C)nc2cccc(C)c21. The molecule has 6 rings (SSSR count). The maximum Gasteiger partial charge on any atom is 0.328 e. The fourth-order valence-corrected chi connectivity index (χ4v) is 6.00. The van der Waals surface area contributed by atoms with Gasteiger partial charge in [0.2, 0.25) is 17.8 Å². The molecule has 248 valence electrons. The van der Waals surface area contributed by atoms with Crippen LogP contribution in [0.5, 0.6) is 0 Å². The topological polar surface area (TPSA) is 182 Å². The maximum absolute atomic E-state index is 13.4. The molecule has 0 radical (unpaired) electrons. The number of anilines is 2. The number of nitrogens with one attached hydrogen (secondary N) is 2. The van der Waals surface area contributed by atoms with Crippen molar-refractivity contribution in [1.29, 1.82) is 0 Å². The first-order valence-corrected chi connectivity index (χ1v) is 15.6. The molecule has 0 atom stereocenters. The van der Waals surface area contributed by atoms with Crippen LogP contribution in [0.4, 0.5) is 11.9 Å². The second-order valence-electron chi connectivity index (χ2n) is 11.8. The van der Waals surface area contributed by atoms with E-state index in [0.717, 1.165) is 27.8 Å². The first-order chi connectivity index (χ1) is 23.0. The third-order valence-corrected chi connectivity index (χ3v) is 8.40. The number of para-hydroxylation sites is 1. The van der Waals surface area contributed by atoms with Crippen molar-refractivity contribution in [2.24, 2.45) is 19.8 Å². The van der Waals surface area contributed by atoms with E-state index in [0.29, 0.717) is 61.1 Å². The van der Waals surface area contributed by atoms with E-state index in [4.69, 9.17) is 10.7 Å². The van der Waals surface area contributed by atoms with Gasteiger partial charge in [-0.05, 0) is 69.5 Å². The number of amides is 3. The largest absolute Gasteiger partial charge is 0.366 e. The molecule has 0 aliphatic carbocycles. The second-order valence-corrected chi connectivity index (χ2v) is 11.8. The highest BCUT2D eigenvalue weighted by atomic mass is 16.2. The summed E-state index contributed by atoms with van der Waals surface area (Å²) in [5.41, 5.74) is 10.8. The van der Waals surface area contributed by atoms with Gasteiger partial charge in [0.25, 0.3) is 11.8 Å². The van der Waals surface area contributed by atoms with E-state index in [9.17, 15) is 19.2 Å². The third-order valence-electron chi connectivity index (χ3n) is 8.40. The molecule has 15 heteroatoms. The van der Waals surface area contributed by atoms with Gasteiger partial charge in [0, 0.05) is 45.5 Å². The number of hydrogen-bond donors (Lipinski definition) is 3. The van der Waals surface area contributed by atoms with E-state index in [1.165, 1.54) is 15.3 Å². The van der Waals surface area contributed by atoms with Crippen molar-refractivity contribution in [3.63, 3.8) is 0 Å². The summed E-state index contributed by atoms with van der Waals surface area (Å²) in [6.45, 7) is 7.29. The third kappa shape index (κ3) is 5.85. The molecule has 0 unspecified atom stereocenters. The van der Waals surface area contributed by atoms with Crippen molar-refractivity contribution in [2.45, 2.75) is 53.2 Å². The zero-order valence-corrected chi connectivity index (χ0v) is 27.4. The molecular weight excluding hydrogens is 614 g/mol. The Morgan fingerprint density at radius 2 is 1.52 bits per heavy atom. The molecule has 0 aliphatic rings. The minimum Gasteiger partial charge on any atom is -0.366 e. The maximum atomic E-state index is 13.4. The van der Waals surface area contributed by atoms with E-state index in [-0.39, 0.29) is 17.3 Å². The van der Waals surface area contributed by atoms with Gasteiger partial charge in [-0.2, -0.15) is 5.10 Å². The smallest absolute Gasteiger partial charge is 0.328 e. The fourth-order valence-electron chi connectivity index (χ4n) is 6.00. The second kappa shape index (κ2) is 12.7. The molecule has 6 aromatic rings. The number of nitrogens with zero attached hydrogens (tertiary/aromatic N) is 8. The Balaban J connectivity index is 1.26. The van der Waals surface area contributed by atoms with Crippen molar-refractivity contribution in [1.82, 2.24) is 38.0 Å². The van der Waals surface area contributed by atoms with Crippen molar-refractivity contribution >= 4 is 51.7 Å². The number of primary amides is 1. The molecule has 0 saturated heterocycles. The van der Waals surface area contributed by atoms with Gasteiger partial charge in [-0.1, -0.05) is 12.1 Å². The number of rotatable bonds is 11. The predicted molar refractivity (Wildman–Crippen MR) is 181 cm³/mol. The van der Waals surface area contributed by atoms with Crippen LogP contribution in [0, 0.1) is 13.8 Å². The van der Waals surface area contributed by atoms with Crippen LogP contribution in [0.15, 0.2) is 53.5 Å². The number of unbranched alkanes of at least 4 members (excludes halogenated alkanes) is 1. The molecule has 0 aliphatic heterocycles. The number of aryl methyl sites for hydroxylation is 6. The monoisotopic (exact) mass is 651 g/mol. The van der Waals surface area contributed by atoms with E-state index in [2.05, 4.69) is 20.7 Å². The molecule has 4 aromatic heterocycles. The van der Waals surface area contributed by atoms with Crippen LogP contribution in [0.25, 0.3) is 22.1 Å². The summed E-state index contributed by atoms with van der Waals surface area (Å²) in [7, 11) is 3.14. The van der Waals surface area contributed by atoms with Crippen molar-refractivity contribution in [3.05, 3.63) is 87.4 Å². The highest BCUT2D eigenvalue weighted by Crippen LogP contribution is 2.26. The number of benzene rings is 2. The van der Waals surface area contributed by atoms with Gasteiger partial charge >= 0.3 is 5.69 Å². The number of hydrogen-bond acceptors (Lipinski definition) is 7. The molecule has 0 spiro atoms. The fraction of sp³-hybridized carbons (Fsp3) is 0.303. The Labute approximate surface area is 275 Å². The van der Waals surface area contributed by atoms with Crippen molar-refractivity contribution in [2.75, 3.05) is 10.6 Å². The molecule has 4 heterocycles. The first kappa shape index (κ1) is 32.0. The van der Waals surface area contributed by atoms with Crippen LogP contribution >= 0.6 is 0 Å². The summed E-state index contributed by atoms with van der Waals surface area (Å²) < 4.78 is 8.17. The number of fused-ring (bicyclic) bond motifs is 2. The molecule has 2 aromatic carbocycles. The average molecular weight is 652 g/mol. The van der Waals surface area contributed by atoms with Crippen molar-refractivity contribution < 1.29 is 14.4 Å². The van der Waals surface area contributed by atoms with Gasteiger partial charge in [-0.3, -0.25) is 34.3 Å². The zero-order valence-electron chi connectivity index (χ0n) is 27.4. The Morgan fingerprint density at radius 3 is 2.19 bits per heavy atom. The minimum atomic E-state index is -0.570. The lowest BCUT2D eigenvalue weighted by molar-refractivity contribution is 0.0995. The molecule has 0 fully saturated rings. The summed E-state index contributed by atoms with van der Waals surface area (Å²) in [4.78, 5) is 60.1. The van der Waals surface area contributed by atoms with Gasteiger partial charge in [-0.25, -0.2) is 14.8 Å².